The summed E-state index contributed by atoms with van der Waals surface area (Å²) in [6.07, 6.45) is 5.64. The Hall–Kier alpha value is 0.220. The summed E-state index contributed by atoms with van der Waals surface area (Å²) in [5, 5.41) is 0. The summed E-state index contributed by atoms with van der Waals surface area (Å²) >= 11 is 3.72. The van der Waals surface area contributed by atoms with E-state index in [1.165, 1.54) is 19.3 Å². The third-order valence-electron chi connectivity index (χ3n) is 2.28. The predicted octanol–water partition coefficient (Wildman–Crippen LogP) is 4.15. The predicted molar refractivity (Wildman–Crippen MR) is 56.2 cm³/mol. The quantitative estimate of drug-likeness (QED) is 0.481. The molecule has 66 valence electrons. The third kappa shape index (κ3) is 4.62. The standard InChI is InChI=1S/C10H19Br/c1-5-9(6-2)8-10(4,11)7-3/h5,9H,1,6-8H2,2-4H3. The van der Waals surface area contributed by atoms with Crippen molar-refractivity contribution in [1.29, 1.82) is 0 Å². The molecule has 0 aliphatic carbocycles. The molecule has 0 aromatic carbocycles. The summed E-state index contributed by atoms with van der Waals surface area (Å²) in [6.45, 7) is 10.5. The maximum atomic E-state index is 3.83. The highest BCUT2D eigenvalue weighted by Crippen LogP contribution is 2.31. The van der Waals surface area contributed by atoms with E-state index in [-0.39, 0.29) is 0 Å². The van der Waals surface area contributed by atoms with E-state index in [4.69, 9.17) is 0 Å². The SMILES string of the molecule is C=CC(CC)CC(C)(Br)CC. The Balaban J connectivity index is 3.88. The van der Waals surface area contributed by atoms with Gasteiger partial charge < -0.3 is 0 Å². The lowest BCUT2D eigenvalue weighted by Gasteiger charge is -2.24. The van der Waals surface area contributed by atoms with Crippen molar-refractivity contribution in [2.24, 2.45) is 5.92 Å². The van der Waals surface area contributed by atoms with Gasteiger partial charge in [0.15, 0.2) is 0 Å². The molecule has 11 heavy (non-hydrogen) atoms. The average molecular weight is 219 g/mol. The fraction of sp³-hybridized carbons (Fsp3) is 0.800. The van der Waals surface area contributed by atoms with Gasteiger partial charge in [0, 0.05) is 4.32 Å². The van der Waals surface area contributed by atoms with Crippen molar-refractivity contribution in [2.75, 3.05) is 0 Å². The Kier molecular flexibility index (Phi) is 5.07. The van der Waals surface area contributed by atoms with Crippen molar-refractivity contribution in [3.05, 3.63) is 12.7 Å². The minimum atomic E-state index is 0.307. The van der Waals surface area contributed by atoms with Crippen molar-refractivity contribution in [2.45, 2.75) is 44.4 Å². The second kappa shape index (κ2) is 4.97. The lowest BCUT2D eigenvalue weighted by molar-refractivity contribution is 0.471. The van der Waals surface area contributed by atoms with Gasteiger partial charge in [0.05, 0.1) is 0 Å². The van der Waals surface area contributed by atoms with Gasteiger partial charge in [-0.15, -0.1) is 6.58 Å². The van der Waals surface area contributed by atoms with E-state index >= 15 is 0 Å². The van der Waals surface area contributed by atoms with Gasteiger partial charge in [-0.25, -0.2) is 0 Å². The fourth-order valence-corrected chi connectivity index (χ4v) is 1.50. The van der Waals surface area contributed by atoms with E-state index in [1.807, 2.05) is 0 Å². The Morgan fingerprint density at radius 3 is 2.36 bits per heavy atom. The molecule has 0 radical (unpaired) electrons. The molecule has 0 saturated heterocycles. The van der Waals surface area contributed by atoms with Gasteiger partial charge in [-0.1, -0.05) is 35.9 Å². The highest BCUT2D eigenvalue weighted by atomic mass is 79.9. The van der Waals surface area contributed by atoms with Crippen LogP contribution >= 0.6 is 15.9 Å². The van der Waals surface area contributed by atoms with Gasteiger partial charge in [-0.3, -0.25) is 0 Å². The van der Waals surface area contributed by atoms with Gasteiger partial charge in [-0.05, 0) is 32.1 Å². The van der Waals surface area contributed by atoms with Crippen LogP contribution in [0.1, 0.15) is 40.0 Å². The van der Waals surface area contributed by atoms with Crippen LogP contribution in [-0.2, 0) is 0 Å². The number of hydrogen-bond donors (Lipinski definition) is 0. The number of allylic oxidation sites excluding steroid dienone is 1. The zero-order valence-corrected chi connectivity index (χ0v) is 9.45. The van der Waals surface area contributed by atoms with Crippen molar-refractivity contribution in [3.8, 4) is 0 Å². The summed E-state index contributed by atoms with van der Waals surface area (Å²) < 4.78 is 0.307. The van der Waals surface area contributed by atoms with Crippen LogP contribution in [0.5, 0.6) is 0 Å². The molecule has 0 spiro atoms. The van der Waals surface area contributed by atoms with Crippen molar-refractivity contribution >= 4 is 15.9 Å². The minimum Gasteiger partial charge on any atom is -0.103 e. The Morgan fingerprint density at radius 2 is 2.09 bits per heavy atom. The third-order valence-corrected chi connectivity index (χ3v) is 3.17. The van der Waals surface area contributed by atoms with Crippen molar-refractivity contribution in [1.82, 2.24) is 0 Å². The summed E-state index contributed by atoms with van der Waals surface area (Å²) in [7, 11) is 0. The Labute approximate surface area is 79.2 Å². The van der Waals surface area contributed by atoms with Crippen LogP contribution < -0.4 is 0 Å². The first-order valence-electron chi connectivity index (χ1n) is 4.37. The first kappa shape index (κ1) is 11.2. The van der Waals surface area contributed by atoms with Crippen LogP contribution in [0.3, 0.4) is 0 Å². The van der Waals surface area contributed by atoms with Crippen molar-refractivity contribution < 1.29 is 0 Å². The lowest BCUT2D eigenvalue weighted by Crippen LogP contribution is -2.18. The molecule has 0 saturated carbocycles. The van der Waals surface area contributed by atoms with Crippen LogP contribution in [0.2, 0.25) is 0 Å². The van der Waals surface area contributed by atoms with Crippen molar-refractivity contribution in [3.63, 3.8) is 0 Å². The summed E-state index contributed by atoms with van der Waals surface area (Å²) in [6, 6.07) is 0. The molecule has 0 N–H and O–H groups in total. The first-order valence-corrected chi connectivity index (χ1v) is 5.16. The molecular weight excluding hydrogens is 200 g/mol. The maximum Gasteiger partial charge on any atom is 0.0232 e. The van der Waals surface area contributed by atoms with E-state index in [0.717, 1.165) is 0 Å². The van der Waals surface area contributed by atoms with Crippen LogP contribution in [0.25, 0.3) is 0 Å². The molecule has 1 heteroatoms. The zero-order valence-electron chi connectivity index (χ0n) is 7.86. The summed E-state index contributed by atoms with van der Waals surface area (Å²) in [5.74, 6) is 0.666. The van der Waals surface area contributed by atoms with E-state index < -0.39 is 0 Å². The fourth-order valence-electron chi connectivity index (χ4n) is 1.09. The van der Waals surface area contributed by atoms with Gasteiger partial charge in [0.2, 0.25) is 0 Å². The maximum absolute atomic E-state index is 3.83. The van der Waals surface area contributed by atoms with Crippen LogP contribution in [0.15, 0.2) is 12.7 Å². The molecule has 0 bridgehead atoms. The topological polar surface area (TPSA) is 0 Å². The molecule has 2 atom stereocenters. The van der Waals surface area contributed by atoms with E-state index in [2.05, 4.69) is 49.4 Å². The molecule has 2 unspecified atom stereocenters. The molecule has 0 fully saturated rings. The van der Waals surface area contributed by atoms with E-state index in [1.54, 1.807) is 0 Å². The highest BCUT2D eigenvalue weighted by Gasteiger charge is 2.20. The average Bonchev–Trinajstić information content (AvgIpc) is 2.00. The highest BCUT2D eigenvalue weighted by molar-refractivity contribution is 9.10. The molecule has 0 rings (SSSR count). The lowest BCUT2D eigenvalue weighted by atomic mass is 9.92. The summed E-state index contributed by atoms with van der Waals surface area (Å²) in [4.78, 5) is 0. The molecule has 0 aromatic rings. The molecule has 0 aliphatic rings. The molecule has 0 nitrogen and oxygen atoms in total. The molecule has 0 aromatic heterocycles. The van der Waals surface area contributed by atoms with Gasteiger partial charge >= 0.3 is 0 Å². The van der Waals surface area contributed by atoms with Gasteiger partial charge in [-0.2, -0.15) is 0 Å². The van der Waals surface area contributed by atoms with E-state index in [9.17, 15) is 0 Å². The van der Waals surface area contributed by atoms with Crippen LogP contribution in [0, 0.1) is 5.92 Å². The normalized spacial score (nSPS) is 18.9. The Morgan fingerprint density at radius 1 is 1.55 bits per heavy atom. The number of hydrogen-bond acceptors (Lipinski definition) is 0. The first-order chi connectivity index (χ1) is 5.05. The number of halogens is 1. The Bertz CT molecular complexity index is 116. The largest absolute Gasteiger partial charge is 0.103 e. The zero-order chi connectivity index (χ0) is 8.91. The van der Waals surface area contributed by atoms with Gasteiger partial charge in [0.1, 0.15) is 0 Å². The van der Waals surface area contributed by atoms with Gasteiger partial charge in [0.25, 0.3) is 0 Å². The van der Waals surface area contributed by atoms with Crippen LogP contribution in [-0.4, -0.2) is 4.32 Å². The molecule has 0 aliphatic heterocycles. The molecule has 0 heterocycles. The molecule has 0 amide bonds. The monoisotopic (exact) mass is 218 g/mol. The smallest absolute Gasteiger partial charge is 0.0232 e. The number of alkyl halides is 1. The number of rotatable bonds is 5. The van der Waals surface area contributed by atoms with Crippen LogP contribution in [0.4, 0.5) is 0 Å². The summed E-state index contributed by atoms with van der Waals surface area (Å²) in [5.41, 5.74) is 0. The van der Waals surface area contributed by atoms with E-state index in [0.29, 0.717) is 10.2 Å². The molecular formula is C10H19Br. The minimum absolute atomic E-state index is 0.307. The second-order valence-corrected chi connectivity index (χ2v) is 5.29. The second-order valence-electron chi connectivity index (χ2n) is 3.38.